The fourth-order valence-corrected chi connectivity index (χ4v) is 1.52. The smallest absolute Gasteiger partial charge is 0.0286 e. The molecule has 0 radical (unpaired) electrons. The molecule has 0 aromatic carbocycles. The van der Waals surface area contributed by atoms with Crippen LogP contribution in [0.5, 0.6) is 0 Å². The summed E-state index contributed by atoms with van der Waals surface area (Å²) in [5.74, 6) is 0.589. The lowest BCUT2D eigenvalue weighted by Crippen LogP contribution is -2.27. The van der Waals surface area contributed by atoms with E-state index in [1.807, 2.05) is 0 Å². The first-order chi connectivity index (χ1) is 5.33. The molecule has 0 atom stereocenters. The van der Waals surface area contributed by atoms with Crippen molar-refractivity contribution in [1.29, 1.82) is 0 Å². The van der Waals surface area contributed by atoms with Crippen molar-refractivity contribution in [2.24, 2.45) is 16.8 Å². The molecule has 1 fully saturated rings. The Hall–Kier alpha value is -0.440. The number of hydrogen-bond acceptors (Lipinski definition) is 2. The van der Waals surface area contributed by atoms with Crippen LogP contribution in [-0.2, 0) is 0 Å². The zero-order valence-electron chi connectivity index (χ0n) is 7.02. The van der Waals surface area contributed by atoms with E-state index in [0.717, 1.165) is 25.7 Å². The molecule has 70 valence electrons. The van der Waals surface area contributed by atoms with E-state index in [4.69, 9.17) is 11.3 Å². The fraction of sp³-hybridized carbons (Fsp3) is 1.00. The van der Waals surface area contributed by atoms with E-state index < -0.39 is 0 Å². The standard InChI is InChI=1S/C7H14N4.ClH/c8-7-3-1-6(2-4-7)5-10-11-9;/h6-7H,1-5,8H2;1H. The molecule has 1 aliphatic rings. The summed E-state index contributed by atoms with van der Waals surface area (Å²) >= 11 is 0. The third-order valence-electron chi connectivity index (χ3n) is 2.29. The fourth-order valence-electron chi connectivity index (χ4n) is 1.52. The van der Waals surface area contributed by atoms with Crippen LogP contribution in [0.2, 0.25) is 0 Å². The number of azide groups is 1. The Morgan fingerprint density at radius 1 is 1.33 bits per heavy atom. The van der Waals surface area contributed by atoms with Crippen LogP contribution in [0.15, 0.2) is 5.11 Å². The van der Waals surface area contributed by atoms with Crippen LogP contribution in [0.4, 0.5) is 0 Å². The average molecular weight is 191 g/mol. The number of rotatable bonds is 2. The Morgan fingerprint density at radius 2 is 1.92 bits per heavy atom. The van der Waals surface area contributed by atoms with Crippen LogP contribution in [-0.4, -0.2) is 12.6 Å². The van der Waals surface area contributed by atoms with Crippen molar-refractivity contribution in [2.45, 2.75) is 31.7 Å². The summed E-state index contributed by atoms with van der Waals surface area (Å²) < 4.78 is 0. The monoisotopic (exact) mass is 190 g/mol. The lowest BCUT2D eigenvalue weighted by Gasteiger charge is -2.24. The predicted molar refractivity (Wildman–Crippen MR) is 51.2 cm³/mol. The first-order valence-electron chi connectivity index (χ1n) is 4.09. The minimum atomic E-state index is 0. The van der Waals surface area contributed by atoms with Gasteiger partial charge in [0.25, 0.3) is 0 Å². The van der Waals surface area contributed by atoms with Gasteiger partial charge < -0.3 is 5.73 Å². The topological polar surface area (TPSA) is 74.8 Å². The van der Waals surface area contributed by atoms with Crippen LogP contribution in [0.25, 0.3) is 10.4 Å². The Bertz CT molecular complexity index is 159. The van der Waals surface area contributed by atoms with E-state index in [9.17, 15) is 0 Å². The van der Waals surface area contributed by atoms with Gasteiger partial charge >= 0.3 is 0 Å². The van der Waals surface area contributed by atoms with Crippen molar-refractivity contribution >= 4 is 12.4 Å². The number of nitrogens with two attached hydrogens (primary N) is 1. The summed E-state index contributed by atoms with van der Waals surface area (Å²) in [6.45, 7) is 0.656. The highest BCUT2D eigenvalue weighted by atomic mass is 35.5. The van der Waals surface area contributed by atoms with Gasteiger partial charge in [0.1, 0.15) is 0 Å². The maximum absolute atomic E-state index is 8.08. The lowest BCUT2D eigenvalue weighted by atomic mass is 9.87. The molecular formula is C7H15ClN4. The van der Waals surface area contributed by atoms with Gasteiger partial charge in [-0.05, 0) is 37.1 Å². The van der Waals surface area contributed by atoms with Crippen molar-refractivity contribution in [3.63, 3.8) is 0 Å². The molecule has 0 spiro atoms. The third-order valence-corrected chi connectivity index (χ3v) is 2.29. The largest absolute Gasteiger partial charge is 0.328 e. The zero-order valence-corrected chi connectivity index (χ0v) is 7.83. The molecule has 1 saturated carbocycles. The average Bonchev–Trinajstić information content (AvgIpc) is 2.04. The van der Waals surface area contributed by atoms with Gasteiger partial charge in [0, 0.05) is 17.5 Å². The summed E-state index contributed by atoms with van der Waals surface area (Å²) in [5.41, 5.74) is 13.8. The van der Waals surface area contributed by atoms with Gasteiger partial charge in [-0.25, -0.2) is 0 Å². The van der Waals surface area contributed by atoms with Gasteiger partial charge in [-0.3, -0.25) is 0 Å². The van der Waals surface area contributed by atoms with Gasteiger partial charge in [-0.2, -0.15) is 0 Å². The lowest BCUT2D eigenvalue weighted by molar-refractivity contribution is 0.333. The predicted octanol–water partition coefficient (Wildman–Crippen LogP) is 2.24. The molecule has 5 heteroatoms. The minimum absolute atomic E-state index is 0. The van der Waals surface area contributed by atoms with Crippen LogP contribution >= 0.6 is 12.4 Å². The van der Waals surface area contributed by atoms with Crippen molar-refractivity contribution < 1.29 is 0 Å². The van der Waals surface area contributed by atoms with E-state index in [2.05, 4.69) is 10.0 Å². The molecule has 0 heterocycles. The normalized spacial score (nSPS) is 28.4. The molecule has 2 N–H and O–H groups in total. The van der Waals surface area contributed by atoms with Gasteiger partial charge in [-0.1, -0.05) is 5.11 Å². The second-order valence-electron chi connectivity index (χ2n) is 3.19. The first-order valence-corrected chi connectivity index (χ1v) is 4.09. The van der Waals surface area contributed by atoms with Gasteiger partial charge in [0.2, 0.25) is 0 Å². The van der Waals surface area contributed by atoms with E-state index >= 15 is 0 Å². The van der Waals surface area contributed by atoms with E-state index in [0.29, 0.717) is 18.5 Å². The number of nitrogens with zero attached hydrogens (tertiary/aromatic N) is 3. The van der Waals surface area contributed by atoms with Crippen LogP contribution in [0, 0.1) is 5.92 Å². The van der Waals surface area contributed by atoms with Crippen molar-refractivity contribution in [2.75, 3.05) is 6.54 Å². The summed E-state index contributed by atoms with van der Waals surface area (Å²) in [5, 5.41) is 3.56. The Balaban J connectivity index is 0.00000121. The van der Waals surface area contributed by atoms with E-state index in [1.165, 1.54) is 0 Å². The van der Waals surface area contributed by atoms with Gasteiger partial charge in [0.15, 0.2) is 0 Å². The van der Waals surface area contributed by atoms with Crippen molar-refractivity contribution in [1.82, 2.24) is 0 Å². The van der Waals surface area contributed by atoms with Crippen LogP contribution in [0.1, 0.15) is 25.7 Å². The molecule has 0 amide bonds. The molecule has 0 aromatic rings. The second-order valence-corrected chi connectivity index (χ2v) is 3.19. The summed E-state index contributed by atoms with van der Waals surface area (Å²) in [6, 6.07) is 0.386. The maximum Gasteiger partial charge on any atom is 0.0286 e. The summed E-state index contributed by atoms with van der Waals surface area (Å²) in [4.78, 5) is 2.74. The number of hydrogen-bond donors (Lipinski definition) is 1. The van der Waals surface area contributed by atoms with Crippen molar-refractivity contribution in [3.8, 4) is 0 Å². The highest BCUT2D eigenvalue weighted by Crippen LogP contribution is 2.23. The molecule has 1 aliphatic carbocycles. The Kier molecular flexibility index (Phi) is 5.89. The molecule has 0 bridgehead atoms. The molecule has 0 aliphatic heterocycles. The van der Waals surface area contributed by atoms with E-state index in [1.54, 1.807) is 0 Å². The van der Waals surface area contributed by atoms with Crippen molar-refractivity contribution in [3.05, 3.63) is 10.4 Å². The van der Waals surface area contributed by atoms with Crippen LogP contribution < -0.4 is 5.73 Å². The highest BCUT2D eigenvalue weighted by molar-refractivity contribution is 5.85. The Morgan fingerprint density at radius 3 is 2.42 bits per heavy atom. The van der Waals surface area contributed by atoms with Crippen LogP contribution in [0.3, 0.4) is 0 Å². The molecule has 0 saturated heterocycles. The molecular weight excluding hydrogens is 176 g/mol. The molecule has 12 heavy (non-hydrogen) atoms. The SMILES string of the molecule is Cl.[N-]=[N+]=NCC1CCC(N)CC1. The van der Waals surface area contributed by atoms with E-state index in [-0.39, 0.29) is 12.4 Å². The molecule has 0 unspecified atom stereocenters. The maximum atomic E-state index is 8.08. The highest BCUT2D eigenvalue weighted by Gasteiger charge is 2.17. The number of halogens is 1. The molecule has 1 rings (SSSR count). The molecule has 4 nitrogen and oxygen atoms in total. The van der Waals surface area contributed by atoms with Gasteiger partial charge in [-0.15, -0.1) is 12.4 Å². The second kappa shape index (κ2) is 6.12. The zero-order chi connectivity index (χ0) is 8.10. The Labute approximate surface area is 78.5 Å². The minimum Gasteiger partial charge on any atom is -0.328 e. The third kappa shape index (κ3) is 3.81. The first kappa shape index (κ1) is 11.6. The van der Waals surface area contributed by atoms with Gasteiger partial charge in [0.05, 0.1) is 0 Å². The molecule has 0 aromatic heterocycles. The summed E-state index contributed by atoms with van der Waals surface area (Å²) in [7, 11) is 0. The quantitative estimate of drug-likeness (QED) is 0.405. The summed E-state index contributed by atoms with van der Waals surface area (Å²) in [6.07, 6.45) is 4.43.